The molecule has 1 fully saturated rings. The zero-order chi connectivity index (χ0) is 11.3. The third-order valence-electron chi connectivity index (χ3n) is 2.68. The molecule has 0 heterocycles. The first-order chi connectivity index (χ1) is 7.09. The van der Waals surface area contributed by atoms with E-state index in [1.54, 1.807) is 0 Å². The quantitative estimate of drug-likeness (QED) is 0.625. The molecule has 0 aromatic heterocycles. The summed E-state index contributed by atoms with van der Waals surface area (Å²) >= 11 is 0. The predicted octanol–water partition coefficient (Wildman–Crippen LogP) is 0.237. The first-order valence-electron chi connectivity index (χ1n) is 5.37. The summed E-state index contributed by atoms with van der Waals surface area (Å²) in [5, 5.41) is 11.3. The van der Waals surface area contributed by atoms with Crippen LogP contribution in [0.5, 0.6) is 0 Å². The highest BCUT2D eigenvalue weighted by atomic mass is 16.4. The molecule has 0 spiro atoms. The smallest absolute Gasteiger partial charge is 0.305 e. The molecule has 1 atom stereocenters. The standard InChI is InChI=1S/C10H18N2O3/c11-8(6-9(13)14)10(15)12-7-4-2-1-3-5-7/h7-8H,1-6,11H2,(H,12,15)(H,13,14). The minimum Gasteiger partial charge on any atom is -0.481 e. The average Bonchev–Trinajstić information content (AvgIpc) is 2.18. The van der Waals surface area contributed by atoms with Crippen LogP contribution in [0.25, 0.3) is 0 Å². The molecule has 0 aromatic rings. The summed E-state index contributed by atoms with van der Waals surface area (Å²) < 4.78 is 0. The molecule has 0 bridgehead atoms. The minimum atomic E-state index is -1.04. The van der Waals surface area contributed by atoms with Gasteiger partial charge in [-0.3, -0.25) is 9.59 Å². The number of nitrogens with two attached hydrogens (primary N) is 1. The first kappa shape index (κ1) is 12.0. The molecule has 1 unspecified atom stereocenters. The van der Waals surface area contributed by atoms with E-state index in [2.05, 4.69) is 5.32 Å². The number of nitrogens with one attached hydrogen (secondary N) is 1. The number of amides is 1. The van der Waals surface area contributed by atoms with Gasteiger partial charge in [0, 0.05) is 6.04 Å². The Morgan fingerprint density at radius 2 is 1.93 bits per heavy atom. The molecule has 0 aromatic carbocycles. The van der Waals surface area contributed by atoms with Crippen LogP contribution in [0.15, 0.2) is 0 Å². The van der Waals surface area contributed by atoms with E-state index in [1.165, 1.54) is 6.42 Å². The predicted molar refractivity (Wildman–Crippen MR) is 55.2 cm³/mol. The monoisotopic (exact) mass is 214 g/mol. The molecule has 1 aliphatic rings. The van der Waals surface area contributed by atoms with Crippen molar-refractivity contribution in [3.05, 3.63) is 0 Å². The maximum absolute atomic E-state index is 11.4. The summed E-state index contributed by atoms with van der Waals surface area (Å²) in [6.45, 7) is 0. The van der Waals surface area contributed by atoms with E-state index >= 15 is 0 Å². The number of carboxylic acid groups (broad SMARTS) is 1. The van der Waals surface area contributed by atoms with Gasteiger partial charge in [-0.1, -0.05) is 19.3 Å². The fourth-order valence-electron chi connectivity index (χ4n) is 1.84. The lowest BCUT2D eigenvalue weighted by atomic mass is 9.95. The Hall–Kier alpha value is -1.10. The van der Waals surface area contributed by atoms with Crippen LogP contribution in [0.3, 0.4) is 0 Å². The lowest BCUT2D eigenvalue weighted by Crippen LogP contribution is -2.46. The van der Waals surface area contributed by atoms with Crippen molar-refractivity contribution in [2.45, 2.75) is 50.6 Å². The lowest BCUT2D eigenvalue weighted by molar-refractivity contribution is -0.139. The Morgan fingerprint density at radius 3 is 2.47 bits per heavy atom. The second kappa shape index (κ2) is 5.70. The Bertz CT molecular complexity index is 237. The molecule has 0 radical (unpaired) electrons. The van der Waals surface area contributed by atoms with Crippen molar-refractivity contribution >= 4 is 11.9 Å². The van der Waals surface area contributed by atoms with Gasteiger partial charge in [-0.25, -0.2) is 0 Å². The van der Waals surface area contributed by atoms with Crippen LogP contribution in [-0.4, -0.2) is 29.1 Å². The Morgan fingerprint density at radius 1 is 1.33 bits per heavy atom. The van der Waals surface area contributed by atoms with Crippen molar-refractivity contribution in [3.63, 3.8) is 0 Å². The van der Waals surface area contributed by atoms with E-state index in [0.29, 0.717) is 0 Å². The van der Waals surface area contributed by atoms with Crippen LogP contribution in [0.4, 0.5) is 0 Å². The number of carbonyl (C=O) groups is 2. The van der Waals surface area contributed by atoms with Gasteiger partial charge in [-0.15, -0.1) is 0 Å². The number of carboxylic acids is 1. The van der Waals surface area contributed by atoms with Crippen molar-refractivity contribution in [2.75, 3.05) is 0 Å². The van der Waals surface area contributed by atoms with Crippen LogP contribution >= 0.6 is 0 Å². The van der Waals surface area contributed by atoms with E-state index in [0.717, 1.165) is 25.7 Å². The summed E-state index contributed by atoms with van der Waals surface area (Å²) in [5.41, 5.74) is 5.44. The summed E-state index contributed by atoms with van der Waals surface area (Å²) in [4.78, 5) is 21.8. The highest BCUT2D eigenvalue weighted by Crippen LogP contribution is 2.17. The normalized spacial score (nSPS) is 19.5. The largest absolute Gasteiger partial charge is 0.481 e. The molecule has 1 aliphatic carbocycles. The number of carbonyl (C=O) groups excluding carboxylic acids is 1. The number of hydrogen-bond donors (Lipinski definition) is 3. The van der Waals surface area contributed by atoms with Gasteiger partial charge < -0.3 is 16.2 Å². The van der Waals surface area contributed by atoms with E-state index in [4.69, 9.17) is 10.8 Å². The van der Waals surface area contributed by atoms with E-state index < -0.39 is 12.0 Å². The molecule has 1 amide bonds. The molecule has 86 valence electrons. The molecular formula is C10H18N2O3. The maximum atomic E-state index is 11.4. The highest BCUT2D eigenvalue weighted by Gasteiger charge is 2.21. The topological polar surface area (TPSA) is 92.4 Å². The molecule has 1 saturated carbocycles. The summed E-state index contributed by atoms with van der Waals surface area (Å²) in [7, 11) is 0. The number of rotatable bonds is 4. The summed E-state index contributed by atoms with van der Waals surface area (Å²) in [6.07, 6.45) is 5.11. The number of hydrogen-bond acceptors (Lipinski definition) is 3. The summed E-state index contributed by atoms with van der Waals surface area (Å²) in [6, 6.07) is -0.740. The highest BCUT2D eigenvalue weighted by molar-refractivity contribution is 5.86. The molecule has 0 aliphatic heterocycles. The van der Waals surface area contributed by atoms with Crippen LogP contribution in [0.2, 0.25) is 0 Å². The molecule has 5 heteroatoms. The van der Waals surface area contributed by atoms with Gasteiger partial charge in [0.2, 0.25) is 5.91 Å². The fraction of sp³-hybridized carbons (Fsp3) is 0.800. The SMILES string of the molecule is NC(CC(=O)O)C(=O)NC1CCCCC1. The van der Waals surface area contributed by atoms with Crippen LogP contribution in [0, 0.1) is 0 Å². The van der Waals surface area contributed by atoms with E-state index in [1.807, 2.05) is 0 Å². The Labute approximate surface area is 89.0 Å². The molecule has 5 nitrogen and oxygen atoms in total. The second-order valence-corrected chi connectivity index (χ2v) is 4.05. The van der Waals surface area contributed by atoms with Gasteiger partial charge in [0.1, 0.15) is 0 Å². The lowest BCUT2D eigenvalue weighted by Gasteiger charge is -2.24. The van der Waals surface area contributed by atoms with Gasteiger partial charge in [-0.05, 0) is 12.8 Å². The van der Waals surface area contributed by atoms with Gasteiger partial charge >= 0.3 is 5.97 Å². The molecule has 0 saturated heterocycles. The number of aliphatic carboxylic acids is 1. The van der Waals surface area contributed by atoms with Crippen LogP contribution in [0.1, 0.15) is 38.5 Å². The zero-order valence-corrected chi connectivity index (χ0v) is 8.74. The van der Waals surface area contributed by atoms with Crippen molar-refractivity contribution < 1.29 is 14.7 Å². The third kappa shape index (κ3) is 4.29. The van der Waals surface area contributed by atoms with Crippen molar-refractivity contribution in [1.82, 2.24) is 5.32 Å². The van der Waals surface area contributed by atoms with Crippen molar-refractivity contribution in [2.24, 2.45) is 5.73 Å². The molecule has 1 rings (SSSR count). The Kier molecular flexibility index (Phi) is 4.55. The Balaban J connectivity index is 2.30. The van der Waals surface area contributed by atoms with Crippen LogP contribution < -0.4 is 11.1 Å². The second-order valence-electron chi connectivity index (χ2n) is 4.05. The van der Waals surface area contributed by atoms with Crippen molar-refractivity contribution in [1.29, 1.82) is 0 Å². The minimum absolute atomic E-state index is 0.186. The molecule has 15 heavy (non-hydrogen) atoms. The fourth-order valence-corrected chi connectivity index (χ4v) is 1.84. The maximum Gasteiger partial charge on any atom is 0.305 e. The van der Waals surface area contributed by atoms with Gasteiger partial charge in [0.05, 0.1) is 12.5 Å². The molecule has 4 N–H and O–H groups in total. The third-order valence-corrected chi connectivity index (χ3v) is 2.68. The average molecular weight is 214 g/mol. The van der Waals surface area contributed by atoms with E-state index in [-0.39, 0.29) is 18.4 Å². The van der Waals surface area contributed by atoms with Gasteiger partial charge in [0.15, 0.2) is 0 Å². The van der Waals surface area contributed by atoms with E-state index in [9.17, 15) is 9.59 Å². The zero-order valence-electron chi connectivity index (χ0n) is 8.74. The first-order valence-corrected chi connectivity index (χ1v) is 5.37. The van der Waals surface area contributed by atoms with Gasteiger partial charge in [-0.2, -0.15) is 0 Å². The van der Waals surface area contributed by atoms with Gasteiger partial charge in [0.25, 0.3) is 0 Å². The van der Waals surface area contributed by atoms with Crippen molar-refractivity contribution in [3.8, 4) is 0 Å². The summed E-state index contributed by atoms with van der Waals surface area (Å²) in [5.74, 6) is -1.38. The molecular weight excluding hydrogens is 196 g/mol. The van der Waals surface area contributed by atoms with Crippen LogP contribution in [-0.2, 0) is 9.59 Å².